The van der Waals surface area contributed by atoms with E-state index in [1.54, 1.807) is 0 Å². The third kappa shape index (κ3) is 10.4. The molecule has 0 radical (unpaired) electrons. The zero-order chi connectivity index (χ0) is 9.71. The maximum absolute atomic E-state index is 10.7. The van der Waals surface area contributed by atoms with Gasteiger partial charge in [0.15, 0.2) is 0 Å². The fourth-order valence-electron chi connectivity index (χ4n) is 0. The molecule has 8 heteroatoms. The topological polar surface area (TPSA) is 54.4 Å². The standard InChI is InChI=1S/C3H8.CHF3O3S.Pd/c1-3-2;2-1(3,4)8(5,6)7;/h3H2,1-2H3;(H,5,6,7);. The summed E-state index contributed by atoms with van der Waals surface area (Å²) >= 11 is 0. The van der Waals surface area contributed by atoms with Crippen LogP contribution in [0.25, 0.3) is 0 Å². The van der Waals surface area contributed by atoms with Crippen LogP contribution >= 0.6 is 0 Å². The van der Waals surface area contributed by atoms with Crippen molar-refractivity contribution in [1.29, 1.82) is 0 Å². The second-order valence-corrected chi connectivity index (χ2v) is 3.04. The van der Waals surface area contributed by atoms with Gasteiger partial charge in [0, 0.05) is 20.4 Å². The van der Waals surface area contributed by atoms with Crippen LogP contribution in [0.5, 0.6) is 0 Å². The first-order valence-corrected chi connectivity index (χ1v) is 4.14. The van der Waals surface area contributed by atoms with Crippen LogP contribution in [0.4, 0.5) is 13.2 Å². The van der Waals surface area contributed by atoms with Crippen molar-refractivity contribution in [2.75, 3.05) is 0 Å². The third-order valence-electron chi connectivity index (χ3n) is 0.292. The minimum Gasteiger partial charge on any atom is -0.279 e. The summed E-state index contributed by atoms with van der Waals surface area (Å²) in [4.78, 5) is 0. The van der Waals surface area contributed by atoms with Crippen LogP contribution in [0.1, 0.15) is 20.3 Å². The molecule has 0 heterocycles. The number of rotatable bonds is 0. The molecule has 0 spiro atoms. The summed E-state index contributed by atoms with van der Waals surface area (Å²) in [5, 5.41) is 0. The van der Waals surface area contributed by atoms with Crippen LogP contribution in [0.15, 0.2) is 0 Å². The Bertz CT molecular complexity index is 186. The Morgan fingerprint density at radius 2 is 1.33 bits per heavy atom. The number of halogens is 3. The molecule has 3 nitrogen and oxygen atoms in total. The van der Waals surface area contributed by atoms with Crippen molar-refractivity contribution >= 4 is 10.1 Å². The zero-order valence-corrected chi connectivity index (χ0v) is 8.70. The Morgan fingerprint density at radius 3 is 1.33 bits per heavy atom. The zero-order valence-electron chi connectivity index (χ0n) is 6.33. The summed E-state index contributed by atoms with van der Waals surface area (Å²) in [5.74, 6) is 0. The number of alkyl halides is 3. The minimum atomic E-state index is -5.84. The normalized spacial score (nSPS) is 10.8. The van der Waals surface area contributed by atoms with Gasteiger partial charge in [-0.25, -0.2) is 0 Å². The minimum absolute atomic E-state index is 0. The molecule has 0 rings (SSSR count). The summed E-state index contributed by atoms with van der Waals surface area (Å²) in [6.07, 6.45) is 1.25. The molecule has 0 amide bonds. The maximum atomic E-state index is 10.7. The molecule has 0 saturated carbocycles. The van der Waals surface area contributed by atoms with E-state index in [4.69, 9.17) is 13.0 Å². The van der Waals surface area contributed by atoms with Crippen molar-refractivity contribution in [3.8, 4) is 0 Å². The van der Waals surface area contributed by atoms with E-state index in [1.165, 1.54) is 6.42 Å². The Morgan fingerprint density at radius 1 is 1.25 bits per heavy atom. The molecule has 80 valence electrons. The van der Waals surface area contributed by atoms with Gasteiger partial charge in [-0.2, -0.15) is 21.6 Å². The molecule has 0 aliphatic rings. The van der Waals surface area contributed by atoms with E-state index in [-0.39, 0.29) is 20.4 Å². The monoisotopic (exact) mass is 300 g/mol. The molecule has 0 fully saturated rings. The summed E-state index contributed by atoms with van der Waals surface area (Å²) in [6.45, 7) is 4.25. The molecule has 0 aliphatic heterocycles. The smallest absolute Gasteiger partial charge is 0.279 e. The van der Waals surface area contributed by atoms with Gasteiger partial charge in [-0.15, -0.1) is 0 Å². The van der Waals surface area contributed by atoms with Crippen LogP contribution in [0, 0.1) is 0 Å². The van der Waals surface area contributed by atoms with Gasteiger partial charge in [-0.05, 0) is 0 Å². The average Bonchev–Trinajstić information content (AvgIpc) is 1.60. The van der Waals surface area contributed by atoms with Gasteiger partial charge in [-0.1, -0.05) is 20.3 Å². The summed E-state index contributed by atoms with van der Waals surface area (Å²) < 4.78 is 57.5. The van der Waals surface area contributed by atoms with Crippen LogP contribution in [0.2, 0.25) is 0 Å². The second kappa shape index (κ2) is 6.83. The van der Waals surface area contributed by atoms with E-state index in [0.717, 1.165) is 0 Å². The first-order valence-electron chi connectivity index (χ1n) is 2.70. The Balaban J connectivity index is -0.000000177. The van der Waals surface area contributed by atoms with Gasteiger partial charge < -0.3 is 0 Å². The predicted octanol–water partition coefficient (Wildman–Crippen LogP) is 1.81. The van der Waals surface area contributed by atoms with Crippen LogP contribution in [-0.4, -0.2) is 18.5 Å². The molecule has 0 aliphatic carbocycles. The van der Waals surface area contributed by atoms with Gasteiger partial charge in [0.2, 0.25) is 0 Å². The predicted molar refractivity (Wildman–Crippen MR) is 33.6 cm³/mol. The van der Waals surface area contributed by atoms with E-state index >= 15 is 0 Å². The van der Waals surface area contributed by atoms with E-state index in [2.05, 4.69) is 13.8 Å². The Kier molecular flexibility index (Phi) is 10.4. The molecule has 0 bridgehead atoms. The fourth-order valence-corrected chi connectivity index (χ4v) is 0. The second-order valence-electron chi connectivity index (χ2n) is 1.63. The molecule has 0 saturated heterocycles. The first-order chi connectivity index (χ1) is 4.66. The van der Waals surface area contributed by atoms with Crippen molar-refractivity contribution in [3.63, 3.8) is 0 Å². The van der Waals surface area contributed by atoms with Crippen molar-refractivity contribution < 1.29 is 46.6 Å². The van der Waals surface area contributed by atoms with Crippen LogP contribution in [0.3, 0.4) is 0 Å². The SMILES string of the molecule is CCC.O=S(=O)(O)C(F)(F)F.[Pd]. The average molecular weight is 301 g/mol. The van der Waals surface area contributed by atoms with Gasteiger partial charge in [-0.3, -0.25) is 4.55 Å². The molecule has 0 unspecified atom stereocenters. The van der Waals surface area contributed by atoms with Gasteiger partial charge in [0.05, 0.1) is 0 Å². The third-order valence-corrected chi connectivity index (χ3v) is 0.877. The largest absolute Gasteiger partial charge is 0.522 e. The molecule has 12 heavy (non-hydrogen) atoms. The molecular weight excluding hydrogens is 292 g/mol. The maximum Gasteiger partial charge on any atom is 0.522 e. The molecule has 0 aromatic rings. The summed E-state index contributed by atoms with van der Waals surface area (Å²) in [5.41, 5.74) is -5.53. The van der Waals surface area contributed by atoms with Crippen molar-refractivity contribution in [2.24, 2.45) is 0 Å². The van der Waals surface area contributed by atoms with Gasteiger partial charge in [0.1, 0.15) is 0 Å². The summed E-state index contributed by atoms with van der Waals surface area (Å²) in [7, 11) is -5.84. The quantitative estimate of drug-likeness (QED) is 0.422. The molecule has 1 N–H and O–H groups in total. The molecule has 0 aromatic carbocycles. The first kappa shape index (κ1) is 18.2. The molecular formula is C4H9F3O3PdS. The van der Waals surface area contributed by atoms with E-state index in [0.29, 0.717) is 0 Å². The number of hydrogen-bond donors (Lipinski definition) is 1. The van der Waals surface area contributed by atoms with E-state index < -0.39 is 15.6 Å². The van der Waals surface area contributed by atoms with Crippen LogP contribution < -0.4 is 0 Å². The van der Waals surface area contributed by atoms with Crippen molar-refractivity contribution in [3.05, 3.63) is 0 Å². The van der Waals surface area contributed by atoms with E-state index in [9.17, 15) is 13.2 Å². The number of hydrogen-bond acceptors (Lipinski definition) is 2. The van der Waals surface area contributed by atoms with Gasteiger partial charge >= 0.3 is 15.6 Å². The van der Waals surface area contributed by atoms with Crippen molar-refractivity contribution in [1.82, 2.24) is 0 Å². The Hall–Kier alpha value is 0.362. The van der Waals surface area contributed by atoms with Crippen LogP contribution in [-0.2, 0) is 30.5 Å². The van der Waals surface area contributed by atoms with Gasteiger partial charge in [0.25, 0.3) is 0 Å². The molecule has 0 atom stereocenters. The summed E-state index contributed by atoms with van der Waals surface area (Å²) in [6, 6.07) is 0. The molecule has 0 aromatic heterocycles. The Labute approximate surface area is 82.7 Å². The van der Waals surface area contributed by atoms with Crippen molar-refractivity contribution in [2.45, 2.75) is 25.8 Å². The fraction of sp³-hybridized carbons (Fsp3) is 1.00. The van der Waals surface area contributed by atoms with E-state index in [1.807, 2.05) is 0 Å².